The molecule has 0 aliphatic carbocycles. The van der Waals surface area contributed by atoms with Crippen LogP contribution in [-0.2, 0) is 11.0 Å². The van der Waals surface area contributed by atoms with Gasteiger partial charge in [0.2, 0.25) is 5.91 Å². The smallest absolute Gasteiger partial charge is 0.343 e. The van der Waals surface area contributed by atoms with Crippen molar-refractivity contribution in [1.29, 1.82) is 0 Å². The molecule has 2 amide bonds. The van der Waals surface area contributed by atoms with Crippen molar-refractivity contribution in [3.05, 3.63) is 35.4 Å². The Labute approximate surface area is 126 Å². The first-order valence-corrected chi connectivity index (χ1v) is 6.58. The molecule has 8 heteroatoms. The molecule has 0 aromatic heterocycles. The molecule has 0 spiro atoms. The molecule has 0 fully saturated rings. The summed E-state index contributed by atoms with van der Waals surface area (Å²) in [6.07, 6.45) is -4.45. The van der Waals surface area contributed by atoms with E-state index < -0.39 is 17.6 Å². The van der Waals surface area contributed by atoms with E-state index in [-0.39, 0.29) is 30.6 Å². The molecule has 0 aliphatic heterocycles. The number of halogens is 3. The molecule has 0 saturated carbocycles. The SMILES string of the molecule is CC(CN)N(C)C(=O)CNC(=O)c1ccc(C(F)(F)F)cc1. The van der Waals surface area contributed by atoms with E-state index in [1.165, 1.54) is 4.90 Å². The molecule has 122 valence electrons. The molecule has 22 heavy (non-hydrogen) atoms. The van der Waals surface area contributed by atoms with Crippen molar-refractivity contribution < 1.29 is 22.8 Å². The monoisotopic (exact) mass is 317 g/mol. The van der Waals surface area contributed by atoms with Gasteiger partial charge in [-0.1, -0.05) is 0 Å². The first kappa shape index (κ1) is 18.0. The van der Waals surface area contributed by atoms with Gasteiger partial charge in [0, 0.05) is 25.2 Å². The van der Waals surface area contributed by atoms with Crippen molar-refractivity contribution in [3.8, 4) is 0 Å². The third-order valence-electron chi connectivity index (χ3n) is 3.27. The molecular formula is C14H18F3N3O2. The van der Waals surface area contributed by atoms with Crippen molar-refractivity contribution in [2.24, 2.45) is 5.73 Å². The third-order valence-corrected chi connectivity index (χ3v) is 3.27. The number of nitrogens with zero attached hydrogens (tertiary/aromatic N) is 1. The Hall–Kier alpha value is -2.09. The molecule has 3 N–H and O–H groups in total. The Morgan fingerprint density at radius 1 is 1.27 bits per heavy atom. The lowest BCUT2D eigenvalue weighted by Crippen LogP contribution is -2.44. The van der Waals surface area contributed by atoms with Crippen molar-refractivity contribution in [2.45, 2.75) is 19.1 Å². The predicted octanol–water partition coefficient (Wildman–Crippen LogP) is 1.24. The van der Waals surface area contributed by atoms with Crippen LogP contribution in [0.15, 0.2) is 24.3 Å². The summed E-state index contributed by atoms with van der Waals surface area (Å²) in [6, 6.07) is 3.60. The molecule has 0 bridgehead atoms. The van der Waals surface area contributed by atoms with E-state index in [0.29, 0.717) is 0 Å². The van der Waals surface area contributed by atoms with Gasteiger partial charge in [-0.25, -0.2) is 0 Å². The van der Waals surface area contributed by atoms with Gasteiger partial charge >= 0.3 is 6.18 Å². The summed E-state index contributed by atoms with van der Waals surface area (Å²) in [4.78, 5) is 25.0. The highest BCUT2D eigenvalue weighted by Crippen LogP contribution is 2.28. The first-order valence-electron chi connectivity index (χ1n) is 6.58. The van der Waals surface area contributed by atoms with Crippen LogP contribution in [0.1, 0.15) is 22.8 Å². The number of alkyl halides is 3. The van der Waals surface area contributed by atoms with Crippen molar-refractivity contribution in [2.75, 3.05) is 20.1 Å². The minimum absolute atomic E-state index is 0.0512. The summed E-state index contributed by atoms with van der Waals surface area (Å²) < 4.78 is 37.2. The van der Waals surface area contributed by atoms with Gasteiger partial charge in [0.1, 0.15) is 0 Å². The highest BCUT2D eigenvalue weighted by molar-refractivity contribution is 5.96. The quantitative estimate of drug-likeness (QED) is 0.858. The second kappa shape index (κ2) is 7.26. The summed E-state index contributed by atoms with van der Waals surface area (Å²) in [7, 11) is 1.56. The van der Waals surface area contributed by atoms with Crippen LogP contribution in [0.3, 0.4) is 0 Å². The van der Waals surface area contributed by atoms with Crippen LogP contribution in [0.5, 0.6) is 0 Å². The van der Waals surface area contributed by atoms with Crippen molar-refractivity contribution in [1.82, 2.24) is 10.2 Å². The molecule has 1 unspecified atom stereocenters. The number of hydrogen-bond acceptors (Lipinski definition) is 3. The van der Waals surface area contributed by atoms with Gasteiger partial charge in [-0.05, 0) is 31.2 Å². The fourth-order valence-electron chi connectivity index (χ4n) is 1.60. The first-order chi connectivity index (χ1) is 10.2. The number of hydrogen-bond donors (Lipinski definition) is 2. The lowest BCUT2D eigenvalue weighted by molar-refractivity contribution is -0.137. The number of carbonyl (C=O) groups is 2. The minimum atomic E-state index is -4.45. The Kier molecular flexibility index (Phi) is 5.92. The molecular weight excluding hydrogens is 299 g/mol. The fraction of sp³-hybridized carbons (Fsp3) is 0.429. The van der Waals surface area contributed by atoms with Gasteiger partial charge in [0.25, 0.3) is 5.91 Å². The van der Waals surface area contributed by atoms with Gasteiger partial charge in [-0.2, -0.15) is 13.2 Å². The predicted molar refractivity (Wildman–Crippen MR) is 75.1 cm³/mol. The number of likely N-dealkylation sites (N-methyl/N-ethyl adjacent to an activating group) is 1. The zero-order valence-corrected chi connectivity index (χ0v) is 12.3. The second-order valence-electron chi connectivity index (χ2n) is 4.85. The molecule has 1 aromatic carbocycles. The topological polar surface area (TPSA) is 75.4 Å². The molecule has 5 nitrogen and oxygen atoms in total. The zero-order chi connectivity index (χ0) is 16.9. The van der Waals surface area contributed by atoms with E-state index in [1.54, 1.807) is 14.0 Å². The van der Waals surface area contributed by atoms with Gasteiger partial charge in [0.15, 0.2) is 0 Å². The Morgan fingerprint density at radius 3 is 2.27 bits per heavy atom. The number of nitrogens with two attached hydrogens (primary N) is 1. The highest BCUT2D eigenvalue weighted by atomic mass is 19.4. The van der Waals surface area contributed by atoms with Crippen LogP contribution in [0.4, 0.5) is 13.2 Å². The largest absolute Gasteiger partial charge is 0.416 e. The number of carbonyl (C=O) groups excluding carboxylic acids is 2. The van der Waals surface area contributed by atoms with Crippen LogP contribution in [-0.4, -0.2) is 42.9 Å². The molecule has 0 saturated heterocycles. The van der Waals surface area contributed by atoms with E-state index >= 15 is 0 Å². The van der Waals surface area contributed by atoms with Gasteiger partial charge in [0.05, 0.1) is 12.1 Å². The molecule has 1 aromatic rings. The van der Waals surface area contributed by atoms with Crippen LogP contribution < -0.4 is 11.1 Å². The van der Waals surface area contributed by atoms with Gasteiger partial charge < -0.3 is 16.0 Å². The summed E-state index contributed by atoms with van der Waals surface area (Å²) in [5.41, 5.74) is 4.65. The Morgan fingerprint density at radius 2 is 1.82 bits per heavy atom. The van der Waals surface area contributed by atoms with E-state index in [0.717, 1.165) is 24.3 Å². The standard InChI is InChI=1S/C14H18F3N3O2/c1-9(7-18)20(2)12(21)8-19-13(22)10-3-5-11(6-4-10)14(15,16)17/h3-6,9H,7-8,18H2,1-2H3,(H,19,22). The lowest BCUT2D eigenvalue weighted by Gasteiger charge is -2.23. The molecule has 1 rings (SSSR count). The number of benzene rings is 1. The minimum Gasteiger partial charge on any atom is -0.343 e. The van der Waals surface area contributed by atoms with Gasteiger partial charge in [-0.15, -0.1) is 0 Å². The fourth-order valence-corrected chi connectivity index (χ4v) is 1.60. The van der Waals surface area contributed by atoms with Gasteiger partial charge in [-0.3, -0.25) is 9.59 Å². The van der Waals surface area contributed by atoms with E-state index in [2.05, 4.69) is 5.32 Å². The summed E-state index contributed by atoms with van der Waals surface area (Å²) >= 11 is 0. The van der Waals surface area contributed by atoms with Crippen LogP contribution in [0.2, 0.25) is 0 Å². The van der Waals surface area contributed by atoms with Crippen LogP contribution in [0.25, 0.3) is 0 Å². The molecule has 0 aliphatic rings. The molecule has 0 heterocycles. The maximum atomic E-state index is 12.4. The number of amides is 2. The maximum Gasteiger partial charge on any atom is 0.416 e. The number of rotatable bonds is 5. The van der Waals surface area contributed by atoms with E-state index in [4.69, 9.17) is 5.73 Å². The zero-order valence-electron chi connectivity index (χ0n) is 12.3. The number of nitrogens with one attached hydrogen (secondary N) is 1. The van der Waals surface area contributed by atoms with E-state index in [1.807, 2.05) is 0 Å². The average Bonchev–Trinajstić information content (AvgIpc) is 2.49. The van der Waals surface area contributed by atoms with Crippen molar-refractivity contribution in [3.63, 3.8) is 0 Å². The second-order valence-corrected chi connectivity index (χ2v) is 4.85. The van der Waals surface area contributed by atoms with Crippen LogP contribution in [0, 0.1) is 0 Å². The third kappa shape index (κ3) is 4.73. The maximum absolute atomic E-state index is 12.4. The lowest BCUT2D eigenvalue weighted by atomic mass is 10.1. The van der Waals surface area contributed by atoms with Crippen molar-refractivity contribution >= 4 is 11.8 Å². The Balaban J connectivity index is 2.61. The normalized spacial score (nSPS) is 12.6. The summed E-state index contributed by atoms with van der Waals surface area (Å²) in [5.74, 6) is -0.950. The molecule has 0 radical (unpaired) electrons. The summed E-state index contributed by atoms with van der Waals surface area (Å²) in [6.45, 7) is 1.80. The molecule has 1 atom stereocenters. The Bertz CT molecular complexity index is 529. The van der Waals surface area contributed by atoms with Crippen LogP contribution >= 0.6 is 0 Å². The summed E-state index contributed by atoms with van der Waals surface area (Å²) in [5, 5.41) is 2.36. The average molecular weight is 317 g/mol. The van der Waals surface area contributed by atoms with E-state index in [9.17, 15) is 22.8 Å². The highest BCUT2D eigenvalue weighted by Gasteiger charge is 2.30.